The van der Waals surface area contributed by atoms with E-state index in [9.17, 15) is 19.8 Å². The van der Waals surface area contributed by atoms with Gasteiger partial charge in [0, 0.05) is 5.92 Å². The van der Waals surface area contributed by atoms with Crippen molar-refractivity contribution in [2.24, 2.45) is 29.6 Å². The topological polar surface area (TPSA) is 104 Å². The number of hydrogen-bond donors (Lipinski definition) is 3. The van der Waals surface area contributed by atoms with E-state index in [1.807, 2.05) is 13.8 Å². The molecule has 0 saturated heterocycles. The lowest BCUT2D eigenvalue weighted by molar-refractivity contribution is -0.158. The molecular formula is C24H38O6. The number of aliphatic hydroxyl groups is 2. The smallest absolute Gasteiger partial charge is 0.308 e. The number of aliphatic carboxylic acids is 1. The number of carboxylic acids is 1. The van der Waals surface area contributed by atoms with Crippen molar-refractivity contribution in [2.45, 2.75) is 84.5 Å². The first kappa shape index (κ1) is 24.6. The molecule has 30 heavy (non-hydrogen) atoms. The molecule has 0 aliphatic heterocycles. The lowest BCUT2D eigenvalue weighted by Gasteiger charge is -2.43. The first-order chi connectivity index (χ1) is 14.1. The number of aliphatic hydroxyl groups excluding tert-OH is 2. The van der Waals surface area contributed by atoms with E-state index in [0.29, 0.717) is 12.3 Å². The first-order valence-corrected chi connectivity index (χ1v) is 11.3. The van der Waals surface area contributed by atoms with Crippen LogP contribution in [-0.2, 0) is 14.3 Å². The Morgan fingerprint density at radius 1 is 1.23 bits per heavy atom. The second kappa shape index (κ2) is 11.1. The lowest BCUT2D eigenvalue weighted by atomic mass is 9.65. The average Bonchev–Trinajstić information content (AvgIpc) is 2.65. The number of carbonyl (C=O) groups excluding carboxylic acids is 1. The van der Waals surface area contributed by atoms with Gasteiger partial charge in [0.2, 0.25) is 0 Å². The van der Waals surface area contributed by atoms with Crippen LogP contribution in [0.1, 0.15) is 66.2 Å². The summed E-state index contributed by atoms with van der Waals surface area (Å²) in [5.41, 5.74) is 1.21. The van der Waals surface area contributed by atoms with Gasteiger partial charge in [-0.1, -0.05) is 45.9 Å². The predicted octanol–water partition coefficient (Wildman–Crippen LogP) is 3.72. The molecule has 2 rings (SSSR count). The summed E-state index contributed by atoms with van der Waals surface area (Å²) >= 11 is 0. The summed E-state index contributed by atoms with van der Waals surface area (Å²) in [6.45, 7) is 8.16. The number of hydrogen-bond acceptors (Lipinski definition) is 5. The number of rotatable bonds is 10. The van der Waals surface area contributed by atoms with Crippen molar-refractivity contribution in [3.63, 3.8) is 0 Å². The molecule has 3 N–H and O–H groups in total. The molecule has 0 heterocycles. The molecule has 0 fully saturated rings. The summed E-state index contributed by atoms with van der Waals surface area (Å²) in [6, 6.07) is 0. The fourth-order valence-corrected chi connectivity index (χ4v) is 4.76. The van der Waals surface area contributed by atoms with Crippen molar-refractivity contribution in [1.29, 1.82) is 0 Å². The number of fused-ring (bicyclic) bond motifs is 1. The molecule has 0 aromatic rings. The third kappa shape index (κ3) is 6.67. The van der Waals surface area contributed by atoms with Gasteiger partial charge < -0.3 is 20.1 Å². The van der Waals surface area contributed by atoms with Crippen molar-refractivity contribution >= 4 is 11.9 Å². The number of allylic oxidation sites excluding steroid dienone is 3. The minimum absolute atomic E-state index is 0.0556. The maximum atomic E-state index is 12.5. The molecule has 0 aromatic heterocycles. The zero-order chi connectivity index (χ0) is 22.4. The fourth-order valence-electron chi connectivity index (χ4n) is 4.76. The second-order valence-corrected chi connectivity index (χ2v) is 9.29. The van der Waals surface area contributed by atoms with Gasteiger partial charge in [-0.25, -0.2) is 0 Å². The molecule has 2 aliphatic carbocycles. The number of carboxylic acid groups (broad SMARTS) is 1. The molecule has 0 amide bonds. The largest absolute Gasteiger partial charge is 0.481 e. The first-order valence-electron chi connectivity index (χ1n) is 11.3. The minimum Gasteiger partial charge on any atom is -0.481 e. The fraction of sp³-hybridized carbons (Fsp3) is 0.750. The molecule has 170 valence electrons. The zero-order valence-corrected chi connectivity index (χ0v) is 18.7. The summed E-state index contributed by atoms with van der Waals surface area (Å²) in [7, 11) is 0. The Balaban J connectivity index is 2.09. The molecule has 2 aliphatic rings. The summed E-state index contributed by atoms with van der Waals surface area (Å²) in [6.07, 6.45) is 7.07. The highest BCUT2D eigenvalue weighted by molar-refractivity contribution is 5.72. The van der Waals surface area contributed by atoms with E-state index in [1.165, 1.54) is 5.57 Å². The molecular weight excluding hydrogens is 384 g/mol. The van der Waals surface area contributed by atoms with Crippen LogP contribution < -0.4 is 0 Å². The Bertz CT molecular complexity index is 654. The molecule has 0 radical (unpaired) electrons. The summed E-state index contributed by atoms with van der Waals surface area (Å²) in [5.74, 6) is -0.406. The Morgan fingerprint density at radius 2 is 1.93 bits per heavy atom. The third-order valence-electron chi connectivity index (χ3n) is 6.67. The van der Waals surface area contributed by atoms with Gasteiger partial charge in [0.05, 0.1) is 24.5 Å². The van der Waals surface area contributed by atoms with Gasteiger partial charge in [-0.2, -0.15) is 0 Å². The van der Waals surface area contributed by atoms with Crippen LogP contribution in [0.2, 0.25) is 0 Å². The van der Waals surface area contributed by atoms with E-state index in [0.717, 1.165) is 19.3 Å². The average molecular weight is 423 g/mol. The highest BCUT2D eigenvalue weighted by atomic mass is 16.5. The maximum absolute atomic E-state index is 12.5. The van der Waals surface area contributed by atoms with Crippen LogP contribution in [0.3, 0.4) is 0 Å². The van der Waals surface area contributed by atoms with Crippen LogP contribution in [0, 0.1) is 29.6 Å². The van der Waals surface area contributed by atoms with Gasteiger partial charge >= 0.3 is 11.9 Å². The van der Waals surface area contributed by atoms with E-state index in [1.54, 1.807) is 0 Å². The van der Waals surface area contributed by atoms with Gasteiger partial charge in [0.1, 0.15) is 6.10 Å². The third-order valence-corrected chi connectivity index (χ3v) is 6.67. The Labute approximate surface area is 180 Å². The molecule has 0 bridgehead atoms. The van der Waals surface area contributed by atoms with E-state index < -0.39 is 18.2 Å². The zero-order valence-electron chi connectivity index (χ0n) is 18.7. The van der Waals surface area contributed by atoms with Gasteiger partial charge in [0.25, 0.3) is 0 Å². The van der Waals surface area contributed by atoms with E-state index in [-0.39, 0.29) is 48.6 Å². The van der Waals surface area contributed by atoms with Crippen LogP contribution >= 0.6 is 0 Å². The maximum Gasteiger partial charge on any atom is 0.308 e. The van der Waals surface area contributed by atoms with Crippen LogP contribution in [0.5, 0.6) is 0 Å². The normalized spacial score (nSPS) is 31.3. The van der Waals surface area contributed by atoms with Crippen molar-refractivity contribution in [3.05, 3.63) is 23.8 Å². The van der Waals surface area contributed by atoms with Crippen LogP contribution in [0.15, 0.2) is 23.8 Å². The van der Waals surface area contributed by atoms with Crippen molar-refractivity contribution in [1.82, 2.24) is 0 Å². The molecule has 0 saturated carbocycles. The van der Waals surface area contributed by atoms with Crippen molar-refractivity contribution in [3.8, 4) is 0 Å². The number of carbonyl (C=O) groups is 2. The SMILES string of the molecule is CC[C@@H](C)C(=O)O[C@H]1C[C@H](C)C=C2C=C[C@@H](C)[C@@H](CC[C@H](O)C[C@H](O)CC(=O)O)[C@@H]21. The Hall–Kier alpha value is -1.66. The van der Waals surface area contributed by atoms with E-state index in [4.69, 9.17) is 9.84 Å². The Kier molecular flexibility index (Phi) is 9.10. The van der Waals surface area contributed by atoms with Crippen molar-refractivity contribution < 1.29 is 29.6 Å². The lowest BCUT2D eigenvalue weighted by Crippen LogP contribution is -2.41. The van der Waals surface area contributed by atoms with Gasteiger partial charge in [-0.05, 0) is 55.4 Å². The summed E-state index contributed by atoms with van der Waals surface area (Å²) < 4.78 is 6.00. The van der Waals surface area contributed by atoms with Crippen LogP contribution in [0.25, 0.3) is 0 Å². The molecule has 6 nitrogen and oxygen atoms in total. The molecule has 6 heteroatoms. The summed E-state index contributed by atoms with van der Waals surface area (Å²) in [4.78, 5) is 23.2. The van der Waals surface area contributed by atoms with Gasteiger partial charge in [-0.15, -0.1) is 0 Å². The molecule has 0 aromatic carbocycles. The summed E-state index contributed by atoms with van der Waals surface area (Å²) in [5, 5.41) is 28.9. The van der Waals surface area contributed by atoms with Crippen LogP contribution in [-0.4, -0.2) is 45.6 Å². The van der Waals surface area contributed by atoms with E-state index >= 15 is 0 Å². The van der Waals surface area contributed by atoms with Gasteiger partial charge in [-0.3, -0.25) is 9.59 Å². The highest BCUT2D eigenvalue weighted by Crippen LogP contribution is 2.45. The quantitative estimate of drug-likeness (QED) is 0.464. The van der Waals surface area contributed by atoms with E-state index in [2.05, 4.69) is 32.1 Å². The predicted molar refractivity (Wildman–Crippen MR) is 115 cm³/mol. The van der Waals surface area contributed by atoms with Gasteiger partial charge in [0.15, 0.2) is 0 Å². The van der Waals surface area contributed by atoms with Crippen LogP contribution in [0.4, 0.5) is 0 Å². The standard InChI is InChI=1S/C24H38O6/c1-5-15(3)24(29)30-21-11-14(2)10-17-7-6-16(4)20(23(17)21)9-8-18(25)12-19(26)13-22(27)28/h6-7,10,14-16,18-21,23,25-26H,5,8-9,11-13H2,1-4H3,(H,27,28)/t14-,15-,16-,18+,19+,20-,21+,23-/m1/s1. The highest BCUT2D eigenvalue weighted by Gasteiger charge is 2.41. The van der Waals surface area contributed by atoms with Crippen molar-refractivity contribution in [2.75, 3.05) is 0 Å². The molecule has 0 spiro atoms. The second-order valence-electron chi connectivity index (χ2n) is 9.29. The molecule has 8 atom stereocenters. The monoisotopic (exact) mass is 422 g/mol. The minimum atomic E-state index is -1.07. The Morgan fingerprint density at radius 3 is 2.57 bits per heavy atom. The number of ether oxygens (including phenoxy) is 1. The number of esters is 1. The molecule has 0 unspecified atom stereocenters.